The largest absolute Gasteiger partial charge is 0.361 e. The van der Waals surface area contributed by atoms with Crippen LogP contribution >= 0.6 is 0 Å². The molecule has 3 rings (SSSR count). The Labute approximate surface area is 158 Å². The second-order valence-electron chi connectivity index (χ2n) is 6.80. The Kier molecular flexibility index (Phi) is 5.45. The monoisotopic (exact) mass is 364 g/mol. The summed E-state index contributed by atoms with van der Waals surface area (Å²) in [5.41, 5.74) is 3.39. The molecule has 1 aromatic heterocycles. The van der Waals surface area contributed by atoms with Crippen LogP contribution in [0.3, 0.4) is 0 Å². The second kappa shape index (κ2) is 7.95. The molecule has 2 aromatic carbocycles. The minimum absolute atomic E-state index is 0.0469. The van der Waals surface area contributed by atoms with Crippen LogP contribution < -0.4 is 10.6 Å². The number of hydrogen-bond donors (Lipinski definition) is 3. The topological polar surface area (TPSA) is 77.2 Å². The number of urea groups is 1. The van der Waals surface area contributed by atoms with Crippen molar-refractivity contribution in [2.75, 3.05) is 10.6 Å². The molecule has 0 aliphatic heterocycles. The fraction of sp³-hybridized carbons (Fsp3) is 0.238. The number of nitrogens with zero attached hydrogens (tertiary/aromatic N) is 1. The van der Waals surface area contributed by atoms with Crippen molar-refractivity contribution in [1.29, 1.82) is 0 Å². The Hall–Kier alpha value is -3.28. The fourth-order valence-corrected chi connectivity index (χ4v) is 2.97. The van der Waals surface area contributed by atoms with Crippen LogP contribution in [-0.4, -0.2) is 27.9 Å². The van der Waals surface area contributed by atoms with Crippen molar-refractivity contribution in [3.05, 3.63) is 60.3 Å². The number of amides is 3. The molecule has 0 bridgehead atoms. The summed E-state index contributed by atoms with van der Waals surface area (Å²) in [4.78, 5) is 28.8. The molecule has 0 saturated carbocycles. The number of nitrogens with one attached hydrogen (secondary N) is 3. The maximum atomic E-state index is 12.2. The van der Waals surface area contributed by atoms with Crippen LogP contribution in [0.25, 0.3) is 10.9 Å². The third-order valence-electron chi connectivity index (χ3n) is 4.41. The molecule has 0 aliphatic carbocycles. The summed E-state index contributed by atoms with van der Waals surface area (Å²) >= 11 is 0. The smallest absolute Gasteiger partial charge is 0.323 e. The lowest BCUT2D eigenvalue weighted by Gasteiger charge is -2.25. The van der Waals surface area contributed by atoms with Crippen LogP contribution in [0.4, 0.5) is 16.2 Å². The Morgan fingerprint density at radius 3 is 2.33 bits per heavy atom. The van der Waals surface area contributed by atoms with E-state index in [2.05, 4.69) is 15.6 Å². The Balaban J connectivity index is 1.60. The van der Waals surface area contributed by atoms with Crippen LogP contribution in [0.2, 0.25) is 0 Å². The number of carbonyl (C=O) groups excluding carboxylic acids is 2. The van der Waals surface area contributed by atoms with Gasteiger partial charge in [-0.1, -0.05) is 18.2 Å². The van der Waals surface area contributed by atoms with E-state index in [0.717, 1.165) is 16.5 Å². The summed E-state index contributed by atoms with van der Waals surface area (Å²) in [5.74, 6) is 0.0469. The van der Waals surface area contributed by atoms with Gasteiger partial charge in [-0.2, -0.15) is 0 Å². The van der Waals surface area contributed by atoms with Gasteiger partial charge >= 0.3 is 6.03 Å². The molecule has 3 aromatic rings. The quantitative estimate of drug-likeness (QED) is 0.620. The maximum Gasteiger partial charge on any atom is 0.323 e. The molecule has 3 N–H and O–H groups in total. The first kappa shape index (κ1) is 18.5. The van der Waals surface area contributed by atoms with E-state index in [0.29, 0.717) is 17.9 Å². The van der Waals surface area contributed by atoms with Crippen molar-refractivity contribution in [3.63, 3.8) is 0 Å². The first-order valence-corrected chi connectivity index (χ1v) is 8.93. The number of anilines is 2. The molecule has 0 saturated heterocycles. The van der Waals surface area contributed by atoms with Crippen LogP contribution in [0.15, 0.2) is 54.7 Å². The third kappa shape index (κ3) is 4.67. The molecule has 0 radical (unpaired) electrons. The number of aromatic nitrogens is 1. The third-order valence-corrected chi connectivity index (χ3v) is 4.41. The summed E-state index contributed by atoms with van der Waals surface area (Å²) in [5, 5.41) is 6.74. The molecule has 6 nitrogen and oxygen atoms in total. The van der Waals surface area contributed by atoms with Gasteiger partial charge in [0.05, 0.1) is 0 Å². The molecular formula is C21H24N4O2. The van der Waals surface area contributed by atoms with Crippen molar-refractivity contribution >= 4 is 34.2 Å². The lowest BCUT2D eigenvalue weighted by molar-refractivity contribution is -0.131. The van der Waals surface area contributed by atoms with E-state index in [9.17, 15) is 9.59 Å². The molecule has 0 atom stereocenters. The van der Waals surface area contributed by atoms with Crippen LogP contribution in [0, 0.1) is 0 Å². The molecular weight excluding hydrogens is 340 g/mol. The van der Waals surface area contributed by atoms with Gasteiger partial charge in [0.1, 0.15) is 0 Å². The van der Waals surface area contributed by atoms with Gasteiger partial charge in [-0.25, -0.2) is 4.79 Å². The Morgan fingerprint density at radius 2 is 1.67 bits per heavy atom. The van der Waals surface area contributed by atoms with Crippen LogP contribution in [-0.2, 0) is 11.3 Å². The number of benzene rings is 2. The highest BCUT2D eigenvalue weighted by Gasteiger charge is 2.13. The Bertz CT molecular complexity index is 944. The van der Waals surface area contributed by atoms with Crippen molar-refractivity contribution in [1.82, 2.24) is 9.88 Å². The Morgan fingerprint density at radius 1 is 1.00 bits per heavy atom. The van der Waals surface area contributed by atoms with Crippen molar-refractivity contribution in [3.8, 4) is 0 Å². The van der Waals surface area contributed by atoms with Gasteiger partial charge in [0.2, 0.25) is 5.91 Å². The van der Waals surface area contributed by atoms with Crippen LogP contribution in [0.1, 0.15) is 26.3 Å². The molecule has 3 amide bonds. The standard InChI is InChI=1S/C21H24N4O2/c1-14(2)25(15(3)26)13-16-4-7-18(8-5-16)23-21(27)24-19-9-6-17-10-11-22-20(17)12-19/h4-12,14,22H,13H2,1-3H3,(H2,23,24,27). The summed E-state index contributed by atoms with van der Waals surface area (Å²) in [6, 6.07) is 15.0. The van der Waals surface area contributed by atoms with E-state index in [1.165, 1.54) is 0 Å². The van der Waals surface area contributed by atoms with Gasteiger partial charge in [0, 0.05) is 42.6 Å². The SMILES string of the molecule is CC(=O)N(Cc1ccc(NC(=O)Nc2ccc3cc[nH]c3c2)cc1)C(C)C. The average Bonchev–Trinajstić information content (AvgIpc) is 3.08. The van der Waals surface area contributed by atoms with Crippen molar-refractivity contribution in [2.24, 2.45) is 0 Å². The molecule has 0 fully saturated rings. The molecule has 6 heteroatoms. The van der Waals surface area contributed by atoms with Gasteiger partial charge in [-0.3, -0.25) is 4.79 Å². The molecule has 1 heterocycles. The van der Waals surface area contributed by atoms with Gasteiger partial charge in [-0.05, 0) is 55.1 Å². The highest BCUT2D eigenvalue weighted by Crippen LogP contribution is 2.18. The predicted octanol–water partition coefficient (Wildman–Crippen LogP) is 4.57. The number of rotatable bonds is 5. The second-order valence-corrected chi connectivity index (χ2v) is 6.80. The normalized spacial score (nSPS) is 10.8. The summed E-state index contributed by atoms with van der Waals surface area (Å²) < 4.78 is 0. The molecule has 27 heavy (non-hydrogen) atoms. The number of hydrogen-bond acceptors (Lipinski definition) is 2. The zero-order chi connectivity index (χ0) is 19.4. The number of fused-ring (bicyclic) bond motifs is 1. The average molecular weight is 364 g/mol. The lowest BCUT2D eigenvalue weighted by atomic mass is 10.1. The van der Waals surface area contributed by atoms with Gasteiger partial charge < -0.3 is 20.5 Å². The molecule has 0 unspecified atom stereocenters. The minimum Gasteiger partial charge on any atom is -0.361 e. The van der Waals surface area contributed by atoms with E-state index < -0.39 is 0 Å². The summed E-state index contributed by atoms with van der Waals surface area (Å²) in [6.45, 7) is 6.11. The lowest BCUT2D eigenvalue weighted by Crippen LogP contribution is -2.34. The molecule has 140 valence electrons. The number of carbonyl (C=O) groups is 2. The van der Waals surface area contributed by atoms with Gasteiger partial charge in [0.25, 0.3) is 0 Å². The molecule has 0 aliphatic rings. The van der Waals surface area contributed by atoms with Crippen LogP contribution in [0.5, 0.6) is 0 Å². The van der Waals surface area contributed by atoms with E-state index in [-0.39, 0.29) is 18.0 Å². The van der Waals surface area contributed by atoms with Crippen molar-refractivity contribution < 1.29 is 9.59 Å². The first-order valence-electron chi connectivity index (χ1n) is 8.93. The summed E-state index contributed by atoms with van der Waals surface area (Å²) in [6.07, 6.45) is 1.86. The zero-order valence-corrected chi connectivity index (χ0v) is 15.7. The van der Waals surface area contributed by atoms with E-state index in [4.69, 9.17) is 0 Å². The fourth-order valence-electron chi connectivity index (χ4n) is 2.97. The van der Waals surface area contributed by atoms with E-state index >= 15 is 0 Å². The molecule has 0 spiro atoms. The number of aromatic amines is 1. The minimum atomic E-state index is -0.304. The predicted molar refractivity (Wildman–Crippen MR) is 109 cm³/mol. The van der Waals surface area contributed by atoms with Crippen molar-refractivity contribution in [2.45, 2.75) is 33.4 Å². The van der Waals surface area contributed by atoms with Gasteiger partial charge in [-0.15, -0.1) is 0 Å². The van der Waals surface area contributed by atoms with E-state index in [1.54, 1.807) is 11.8 Å². The van der Waals surface area contributed by atoms with E-state index in [1.807, 2.05) is 68.6 Å². The van der Waals surface area contributed by atoms with Gasteiger partial charge in [0.15, 0.2) is 0 Å². The zero-order valence-electron chi connectivity index (χ0n) is 15.7. The summed E-state index contributed by atoms with van der Waals surface area (Å²) in [7, 11) is 0. The highest BCUT2D eigenvalue weighted by atomic mass is 16.2. The highest BCUT2D eigenvalue weighted by molar-refractivity contribution is 6.00. The maximum absolute atomic E-state index is 12.2. The first-order chi connectivity index (χ1) is 12.9. The number of H-pyrrole nitrogens is 1.